The standard InChI is InChI=1S/C10H12N2OS/c1-4-6-12(5-2)10(13)9-7-14-8(3)11-9/h1,7H,5-6H2,2-3H3. The highest BCUT2D eigenvalue weighted by Gasteiger charge is 2.15. The van der Waals surface area contributed by atoms with Crippen LogP contribution in [0.25, 0.3) is 0 Å². The summed E-state index contributed by atoms with van der Waals surface area (Å²) in [6, 6.07) is 0. The Morgan fingerprint density at radius 1 is 1.79 bits per heavy atom. The monoisotopic (exact) mass is 208 g/mol. The van der Waals surface area contributed by atoms with Gasteiger partial charge >= 0.3 is 0 Å². The van der Waals surface area contributed by atoms with E-state index in [1.807, 2.05) is 13.8 Å². The molecule has 1 aromatic heterocycles. The fourth-order valence-corrected chi connectivity index (χ4v) is 1.65. The molecule has 0 saturated carbocycles. The highest BCUT2D eigenvalue weighted by Crippen LogP contribution is 2.10. The molecule has 14 heavy (non-hydrogen) atoms. The predicted molar refractivity (Wildman–Crippen MR) is 57.3 cm³/mol. The second kappa shape index (κ2) is 4.77. The number of hydrogen-bond donors (Lipinski definition) is 0. The van der Waals surface area contributed by atoms with Crippen LogP contribution < -0.4 is 0 Å². The molecule has 0 N–H and O–H groups in total. The second-order valence-corrected chi connectivity index (χ2v) is 3.84. The lowest BCUT2D eigenvalue weighted by atomic mass is 10.4. The number of amides is 1. The van der Waals surface area contributed by atoms with E-state index < -0.39 is 0 Å². The first-order chi connectivity index (χ1) is 6.69. The van der Waals surface area contributed by atoms with Gasteiger partial charge in [0.25, 0.3) is 5.91 Å². The fourth-order valence-electron chi connectivity index (χ4n) is 1.06. The van der Waals surface area contributed by atoms with Crippen LogP contribution in [0.1, 0.15) is 22.4 Å². The summed E-state index contributed by atoms with van der Waals surface area (Å²) in [4.78, 5) is 17.5. The minimum Gasteiger partial charge on any atom is -0.326 e. The summed E-state index contributed by atoms with van der Waals surface area (Å²) >= 11 is 1.47. The molecule has 1 aromatic rings. The second-order valence-electron chi connectivity index (χ2n) is 2.78. The molecular weight excluding hydrogens is 196 g/mol. The van der Waals surface area contributed by atoms with Crippen LogP contribution in [0.15, 0.2) is 5.38 Å². The summed E-state index contributed by atoms with van der Waals surface area (Å²) in [7, 11) is 0. The van der Waals surface area contributed by atoms with Crippen molar-refractivity contribution in [3.05, 3.63) is 16.1 Å². The minimum atomic E-state index is -0.0881. The number of carbonyl (C=O) groups is 1. The van der Waals surface area contributed by atoms with Gasteiger partial charge in [0.15, 0.2) is 0 Å². The summed E-state index contributed by atoms with van der Waals surface area (Å²) in [5, 5.41) is 2.65. The van der Waals surface area contributed by atoms with Gasteiger partial charge in [0, 0.05) is 11.9 Å². The van der Waals surface area contributed by atoms with Gasteiger partial charge in [-0.05, 0) is 13.8 Å². The van der Waals surface area contributed by atoms with Crippen molar-refractivity contribution in [3.63, 3.8) is 0 Å². The van der Waals surface area contributed by atoms with Crippen LogP contribution in [-0.2, 0) is 0 Å². The van der Waals surface area contributed by atoms with Crippen molar-refractivity contribution in [3.8, 4) is 12.3 Å². The normalized spacial score (nSPS) is 9.50. The van der Waals surface area contributed by atoms with Crippen molar-refractivity contribution in [2.24, 2.45) is 0 Å². The molecule has 0 fully saturated rings. The van der Waals surface area contributed by atoms with Crippen LogP contribution in [0.2, 0.25) is 0 Å². The molecule has 4 heteroatoms. The van der Waals surface area contributed by atoms with Gasteiger partial charge < -0.3 is 4.90 Å². The largest absolute Gasteiger partial charge is 0.326 e. The van der Waals surface area contributed by atoms with Gasteiger partial charge in [-0.15, -0.1) is 17.8 Å². The molecule has 0 aromatic carbocycles. The van der Waals surface area contributed by atoms with Gasteiger partial charge in [-0.3, -0.25) is 4.79 Å². The van der Waals surface area contributed by atoms with E-state index >= 15 is 0 Å². The summed E-state index contributed by atoms with van der Waals surface area (Å²) in [5.41, 5.74) is 0.490. The Morgan fingerprint density at radius 3 is 2.93 bits per heavy atom. The Bertz CT molecular complexity index is 364. The van der Waals surface area contributed by atoms with E-state index in [0.717, 1.165) is 5.01 Å². The average Bonchev–Trinajstić information content (AvgIpc) is 2.60. The molecule has 0 atom stereocenters. The maximum Gasteiger partial charge on any atom is 0.274 e. The van der Waals surface area contributed by atoms with Gasteiger partial charge in [-0.2, -0.15) is 0 Å². The van der Waals surface area contributed by atoms with E-state index in [-0.39, 0.29) is 5.91 Å². The van der Waals surface area contributed by atoms with E-state index in [1.54, 1.807) is 10.3 Å². The molecule has 0 saturated heterocycles. The smallest absolute Gasteiger partial charge is 0.274 e. The van der Waals surface area contributed by atoms with Gasteiger partial charge in [-0.1, -0.05) is 5.92 Å². The van der Waals surface area contributed by atoms with Crippen molar-refractivity contribution in [2.45, 2.75) is 13.8 Å². The van der Waals surface area contributed by atoms with Crippen molar-refractivity contribution in [1.29, 1.82) is 0 Å². The van der Waals surface area contributed by atoms with Gasteiger partial charge in [0.1, 0.15) is 5.69 Å². The third-order valence-corrected chi connectivity index (χ3v) is 2.56. The van der Waals surface area contributed by atoms with E-state index in [1.165, 1.54) is 11.3 Å². The maximum absolute atomic E-state index is 11.8. The number of carbonyl (C=O) groups excluding carboxylic acids is 1. The van der Waals surface area contributed by atoms with Crippen LogP contribution in [0, 0.1) is 19.3 Å². The molecule has 0 spiro atoms. The quantitative estimate of drug-likeness (QED) is 0.706. The topological polar surface area (TPSA) is 33.2 Å². The molecule has 0 aliphatic rings. The van der Waals surface area contributed by atoms with Crippen LogP contribution in [0.4, 0.5) is 0 Å². The van der Waals surface area contributed by atoms with Gasteiger partial charge in [-0.25, -0.2) is 4.98 Å². The summed E-state index contributed by atoms with van der Waals surface area (Å²) in [6.07, 6.45) is 5.16. The first-order valence-corrected chi connectivity index (χ1v) is 5.21. The van der Waals surface area contributed by atoms with Crippen molar-refractivity contribution < 1.29 is 4.79 Å². The number of hydrogen-bond acceptors (Lipinski definition) is 3. The first-order valence-electron chi connectivity index (χ1n) is 4.34. The predicted octanol–water partition coefficient (Wildman–Crippen LogP) is 1.55. The lowest BCUT2D eigenvalue weighted by molar-refractivity contribution is 0.0780. The molecule has 0 bridgehead atoms. The Kier molecular flexibility index (Phi) is 3.66. The van der Waals surface area contributed by atoms with E-state index in [4.69, 9.17) is 6.42 Å². The fraction of sp³-hybridized carbons (Fsp3) is 0.400. The Morgan fingerprint density at radius 2 is 2.50 bits per heavy atom. The molecule has 1 rings (SSSR count). The number of aromatic nitrogens is 1. The molecule has 0 aliphatic heterocycles. The van der Waals surface area contributed by atoms with Crippen LogP contribution in [0.5, 0.6) is 0 Å². The summed E-state index contributed by atoms with van der Waals surface area (Å²) in [5.74, 6) is 2.37. The molecule has 1 amide bonds. The lowest BCUT2D eigenvalue weighted by Crippen LogP contribution is -2.31. The number of rotatable bonds is 3. The van der Waals surface area contributed by atoms with Gasteiger partial charge in [0.2, 0.25) is 0 Å². The van der Waals surface area contributed by atoms with Gasteiger partial charge in [0.05, 0.1) is 11.6 Å². The Hall–Kier alpha value is -1.34. The molecule has 0 aliphatic carbocycles. The highest BCUT2D eigenvalue weighted by atomic mass is 32.1. The number of terminal acetylenes is 1. The average molecular weight is 208 g/mol. The van der Waals surface area contributed by atoms with Crippen molar-refractivity contribution >= 4 is 17.2 Å². The first kappa shape index (κ1) is 10.7. The Balaban J connectivity index is 2.78. The van der Waals surface area contributed by atoms with Crippen LogP contribution >= 0.6 is 11.3 Å². The zero-order valence-electron chi connectivity index (χ0n) is 8.28. The molecule has 0 unspecified atom stereocenters. The SMILES string of the molecule is C#CCN(CC)C(=O)c1csc(C)n1. The summed E-state index contributed by atoms with van der Waals surface area (Å²) in [6.45, 7) is 4.72. The van der Waals surface area contributed by atoms with E-state index in [9.17, 15) is 4.79 Å². The minimum absolute atomic E-state index is 0.0881. The van der Waals surface area contributed by atoms with E-state index in [0.29, 0.717) is 18.8 Å². The third kappa shape index (κ3) is 2.33. The molecule has 3 nitrogen and oxygen atoms in total. The molecular formula is C10H12N2OS. The lowest BCUT2D eigenvalue weighted by Gasteiger charge is -2.15. The third-order valence-electron chi connectivity index (χ3n) is 1.79. The number of aryl methyl sites for hydroxylation is 1. The maximum atomic E-state index is 11.8. The molecule has 74 valence electrons. The Labute approximate surface area is 87.8 Å². The van der Waals surface area contributed by atoms with Crippen LogP contribution in [0.3, 0.4) is 0 Å². The number of thiazole rings is 1. The van der Waals surface area contributed by atoms with Crippen molar-refractivity contribution in [1.82, 2.24) is 9.88 Å². The number of nitrogens with zero attached hydrogens (tertiary/aromatic N) is 2. The molecule has 1 heterocycles. The highest BCUT2D eigenvalue weighted by molar-refractivity contribution is 7.09. The van der Waals surface area contributed by atoms with Crippen molar-refractivity contribution in [2.75, 3.05) is 13.1 Å². The van der Waals surface area contributed by atoms with Crippen LogP contribution in [-0.4, -0.2) is 28.9 Å². The molecule has 0 radical (unpaired) electrons. The summed E-state index contributed by atoms with van der Waals surface area (Å²) < 4.78 is 0. The zero-order chi connectivity index (χ0) is 10.6. The van der Waals surface area contributed by atoms with E-state index in [2.05, 4.69) is 10.9 Å². The zero-order valence-corrected chi connectivity index (χ0v) is 9.10.